The lowest BCUT2D eigenvalue weighted by Crippen LogP contribution is -2.05. The third-order valence-corrected chi connectivity index (χ3v) is 5.40. The molecule has 1 heterocycles. The number of ether oxygens (including phenoxy) is 1. The van der Waals surface area contributed by atoms with Gasteiger partial charge in [0.15, 0.2) is 0 Å². The third kappa shape index (κ3) is 4.53. The van der Waals surface area contributed by atoms with E-state index in [4.69, 9.17) is 16.3 Å². The van der Waals surface area contributed by atoms with Crippen LogP contribution in [0.4, 0.5) is 4.39 Å². The van der Waals surface area contributed by atoms with E-state index in [0.29, 0.717) is 10.8 Å². The number of rotatable bonds is 6. The van der Waals surface area contributed by atoms with Gasteiger partial charge in [0.25, 0.3) is 0 Å². The molecule has 0 aliphatic rings. The summed E-state index contributed by atoms with van der Waals surface area (Å²) in [4.78, 5) is 11.6. The molecule has 1 N–H and O–H groups in total. The maximum Gasteiger partial charge on any atom is 0.335 e. The molecule has 0 radical (unpaired) electrons. The number of hydrogen-bond acceptors (Lipinski definition) is 2. The molecule has 0 saturated carbocycles. The minimum atomic E-state index is -0.979. The molecule has 0 atom stereocenters. The molecule has 3 aromatic carbocycles. The maximum absolute atomic E-state index is 13.2. The fourth-order valence-electron chi connectivity index (χ4n) is 3.68. The summed E-state index contributed by atoms with van der Waals surface area (Å²) in [6.07, 6.45) is 0. The fraction of sp³-hybridized carbons (Fsp3) is 0.115. The van der Waals surface area contributed by atoms with Gasteiger partial charge in [0.1, 0.15) is 18.2 Å². The number of carboxylic acid groups (broad SMARTS) is 1. The van der Waals surface area contributed by atoms with E-state index in [0.717, 1.165) is 33.8 Å². The first-order chi connectivity index (χ1) is 15.3. The number of nitrogens with zero attached hydrogens (tertiary/aromatic N) is 1. The molecule has 162 valence electrons. The van der Waals surface area contributed by atoms with Gasteiger partial charge in [-0.2, -0.15) is 0 Å². The van der Waals surface area contributed by atoms with Gasteiger partial charge in [-0.25, -0.2) is 9.18 Å². The zero-order chi connectivity index (χ0) is 22.8. The Morgan fingerprint density at radius 1 is 1.00 bits per heavy atom. The van der Waals surface area contributed by atoms with Crippen LogP contribution < -0.4 is 4.74 Å². The second kappa shape index (κ2) is 8.89. The molecule has 0 aliphatic carbocycles. The summed E-state index contributed by atoms with van der Waals surface area (Å²) < 4.78 is 21.3. The summed E-state index contributed by atoms with van der Waals surface area (Å²) in [7, 11) is 0. The molecular weight excluding hydrogens is 429 g/mol. The third-order valence-electron chi connectivity index (χ3n) is 5.17. The van der Waals surface area contributed by atoms with Gasteiger partial charge in [-0.3, -0.25) is 0 Å². The Kier molecular flexibility index (Phi) is 6.01. The minimum Gasteiger partial charge on any atom is -0.488 e. The summed E-state index contributed by atoms with van der Waals surface area (Å²) in [6, 6.07) is 20.7. The van der Waals surface area contributed by atoms with Crippen molar-refractivity contribution in [2.75, 3.05) is 0 Å². The van der Waals surface area contributed by atoms with Crippen molar-refractivity contribution in [2.24, 2.45) is 0 Å². The molecule has 0 aliphatic heterocycles. The molecule has 1 aromatic heterocycles. The van der Waals surface area contributed by atoms with Crippen molar-refractivity contribution in [1.82, 2.24) is 4.57 Å². The quantitative estimate of drug-likeness (QED) is 0.351. The topological polar surface area (TPSA) is 51.5 Å². The first-order valence-electron chi connectivity index (χ1n) is 10.0. The Morgan fingerprint density at radius 3 is 2.47 bits per heavy atom. The smallest absolute Gasteiger partial charge is 0.335 e. The summed E-state index contributed by atoms with van der Waals surface area (Å²) in [5.41, 5.74) is 5.17. The first kappa shape index (κ1) is 21.7. The van der Waals surface area contributed by atoms with Gasteiger partial charge in [0.2, 0.25) is 0 Å². The highest BCUT2D eigenvalue weighted by atomic mass is 35.5. The highest BCUT2D eigenvalue weighted by Gasteiger charge is 2.16. The molecule has 4 aromatic rings. The second-order valence-corrected chi connectivity index (χ2v) is 8.05. The first-order valence-corrected chi connectivity index (χ1v) is 10.4. The van der Waals surface area contributed by atoms with Crippen LogP contribution in [0.2, 0.25) is 5.02 Å². The number of aromatic carboxylic acids is 1. The van der Waals surface area contributed by atoms with Crippen LogP contribution in [0.15, 0.2) is 72.8 Å². The average molecular weight is 450 g/mol. The van der Waals surface area contributed by atoms with Crippen molar-refractivity contribution >= 4 is 17.6 Å². The van der Waals surface area contributed by atoms with E-state index in [1.165, 1.54) is 12.1 Å². The van der Waals surface area contributed by atoms with Gasteiger partial charge < -0.3 is 14.4 Å². The van der Waals surface area contributed by atoms with Crippen LogP contribution in [0.25, 0.3) is 16.9 Å². The minimum absolute atomic E-state index is 0.220. The number of halogens is 2. The van der Waals surface area contributed by atoms with Crippen LogP contribution in [-0.4, -0.2) is 15.6 Å². The largest absolute Gasteiger partial charge is 0.488 e. The Labute approximate surface area is 190 Å². The summed E-state index contributed by atoms with van der Waals surface area (Å²) in [6.45, 7) is 4.09. The standard InChI is InChI=1S/C26H21ClFNO3/c1-16-11-19(26(30)31)13-22(12-16)29-17(2)3-9-24(29)23-14-20(27)6-10-25(23)32-15-18-4-7-21(28)8-5-18/h3-14H,15H2,1-2H3,(H,30,31). The van der Waals surface area contributed by atoms with Gasteiger partial charge in [0.05, 0.1) is 11.3 Å². The highest BCUT2D eigenvalue weighted by Crippen LogP contribution is 2.36. The van der Waals surface area contributed by atoms with Crippen LogP contribution in [0.5, 0.6) is 5.75 Å². The molecule has 0 bridgehead atoms. The number of aryl methyl sites for hydroxylation is 2. The van der Waals surface area contributed by atoms with E-state index in [-0.39, 0.29) is 18.0 Å². The number of hydrogen-bond donors (Lipinski definition) is 1. The summed E-state index contributed by atoms with van der Waals surface area (Å²) >= 11 is 6.31. The Hall–Kier alpha value is -3.57. The van der Waals surface area contributed by atoms with E-state index >= 15 is 0 Å². The van der Waals surface area contributed by atoms with Crippen LogP contribution in [-0.2, 0) is 6.61 Å². The molecule has 0 saturated heterocycles. The van der Waals surface area contributed by atoms with Crippen molar-refractivity contribution in [3.05, 3.63) is 106 Å². The van der Waals surface area contributed by atoms with Crippen molar-refractivity contribution in [1.29, 1.82) is 0 Å². The maximum atomic E-state index is 13.2. The molecule has 0 fully saturated rings. The van der Waals surface area contributed by atoms with Crippen molar-refractivity contribution in [2.45, 2.75) is 20.5 Å². The van der Waals surface area contributed by atoms with E-state index in [2.05, 4.69) is 0 Å². The van der Waals surface area contributed by atoms with Crippen LogP contribution in [0.1, 0.15) is 27.2 Å². The van der Waals surface area contributed by atoms with Gasteiger partial charge in [-0.15, -0.1) is 0 Å². The van der Waals surface area contributed by atoms with Crippen LogP contribution >= 0.6 is 11.6 Å². The summed E-state index contributed by atoms with van der Waals surface area (Å²) in [5, 5.41) is 10.0. The second-order valence-electron chi connectivity index (χ2n) is 7.61. The number of carbonyl (C=O) groups is 1. The SMILES string of the molecule is Cc1cc(C(=O)O)cc(-n2c(C)ccc2-c2cc(Cl)ccc2OCc2ccc(F)cc2)c1. The zero-order valence-corrected chi connectivity index (χ0v) is 18.4. The Morgan fingerprint density at radius 2 is 1.75 bits per heavy atom. The lowest BCUT2D eigenvalue weighted by molar-refractivity contribution is 0.0696. The predicted molar refractivity (Wildman–Crippen MR) is 123 cm³/mol. The van der Waals surface area contributed by atoms with Crippen molar-refractivity contribution in [3.8, 4) is 22.7 Å². The molecule has 32 heavy (non-hydrogen) atoms. The van der Waals surface area contributed by atoms with Gasteiger partial charge in [-0.05, 0) is 85.6 Å². The van der Waals surface area contributed by atoms with E-state index in [1.807, 2.05) is 42.7 Å². The number of aromatic nitrogens is 1. The normalized spacial score (nSPS) is 10.9. The Balaban J connectivity index is 1.78. The monoisotopic (exact) mass is 449 g/mol. The zero-order valence-electron chi connectivity index (χ0n) is 17.6. The van der Waals surface area contributed by atoms with Gasteiger partial charge in [-0.1, -0.05) is 23.7 Å². The average Bonchev–Trinajstić information content (AvgIpc) is 3.14. The van der Waals surface area contributed by atoms with Crippen LogP contribution in [0, 0.1) is 19.7 Å². The number of benzene rings is 3. The highest BCUT2D eigenvalue weighted by molar-refractivity contribution is 6.31. The molecule has 6 heteroatoms. The number of carboxylic acids is 1. The van der Waals surface area contributed by atoms with Crippen molar-refractivity contribution < 1.29 is 19.0 Å². The fourth-order valence-corrected chi connectivity index (χ4v) is 3.85. The van der Waals surface area contributed by atoms with Gasteiger partial charge in [0, 0.05) is 22.0 Å². The lowest BCUT2D eigenvalue weighted by atomic mass is 10.1. The van der Waals surface area contributed by atoms with Crippen LogP contribution in [0.3, 0.4) is 0 Å². The molecule has 4 rings (SSSR count). The molecular formula is C26H21ClFNO3. The lowest BCUT2D eigenvalue weighted by Gasteiger charge is -2.17. The molecule has 4 nitrogen and oxygen atoms in total. The molecule has 0 amide bonds. The van der Waals surface area contributed by atoms with E-state index in [1.54, 1.807) is 36.4 Å². The van der Waals surface area contributed by atoms with E-state index in [9.17, 15) is 14.3 Å². The van der Waals surface area contributed by atoms with E-state index < -0.39 is 5.97 Å². The van der Waals surface area contributed by atoms with Gasteiger partial charge >= 0.3 is 5.97 Å². The molecule has 0 unspecified atom stereocenters. The predicted octanol–water partition coefficient (Wildman–Crippen LogP) is 6.83. The summed E-state index contributed by atoms with van der Waals surface area (Å²) in [5.74, 6) is -0.662. The Bertz CT molecular complexity index is 1300. The van der Waals surface area contributed by atoms with Crippen molar-refractivity contribution in [3.63, 3.8) is 0 Å². The molecule has 0 spiro atoms.